The van der Waals surface area contributed by atoms with E-state index in [1.165, 1.54) is 0 Å². The van der Waals surface area contributed by atoms with Crippen LogP contribution in [0.5, 0.6) is 0 Å². The van der Waals surface area contributed by atoms with E-state index in [-0.39, 0.29) is 19.0 Å². The summed E-state index contributed by atoms with van der Waals surface area (Å²) < 4.78 is 11.8. The molecule has 2 fully saturated rings. The molecule has 0 radical (unpaired) electrons. The Balaban J connectivity index is 1.70. The number of hydrogen-bond acceptors (Lipinski definition) is 3. The Morgan fingerprint density at radius 2 is 2.00 bits per heavy atom. The zero-order valence-electron chi connectivity index (χ0n) is 9.79. The fourth-order valence-electron chi connectivity index (χ4n) is 2.93. The van der Waals surface area contributed by atoms with E-state index >= 15 is 0 Å². The average molecular weight is 234 g/mol. The highest BCUT2D eigenvalue weighted by molar-refractivity contribution is 5.16. The molecule has 1 aliphatic carbocycles. The Labute approximate surface area is 101 Å². The fraction of sp³-hybridized carbons (Fsp3) is 0.571. The summed E-state index contributed by atoms with van der Waals surface area (Å²) in [6, 6.07) is 10.1. The van der Waals surface area contributed by atoms with E-state index < -0.39 is 0 Å². The number of hydrogen-bond donors (Lipinski definition) is 1. The molecule has 1 aromatic rings. The van der Waals surface area contributed by atoms with Crippen molar-refractivity contribution in [1.29, 1.82) is 0 Å². The van der Waals surface area contributed by atoms with E-state index in [0.717, 1.165) is 18.4 Å². The zero-order valence-corrected chi connectivity index (χ0v) is 9.79. The van der Waals surface area contributed by atoms with Crippen LogP contribution in [0.15, 0.2) is 30.3 Å². The topological polar surface area (TPSA) is 38.7 Å². The molecule has 1 unspecified atom stereocenters. The maximum atomic E-state index is 9.28. The van der Waals surface area contributed by atoms with Gasteiger partial charge in [0, 0.05) is 18.1 Å². The smallest absolute Gasteiger partial charge is 0.184 e. The maximum absolute atomic E-state index is 9.28. The van der Waals surface area contributed by atoms with Gasteiger partial charge in [0.05, 0.1) is 12.7 Å². The van der Waals surface area contributed by atoms with Crippen LogP contribution >= 0.6 is 0 Å². The molecule has 2 aliphatic rings. The van der Waals surface area contributed by atoms with E-state index in [9.17, 15) is 5.11 Å². The van der Waals surface area contributed by atoms with E-state index in [2.05, 4.69) is 0 Å². The lowest BCUT2D eigenvalue weighted by atomic mass is 9.95. The standard InChI is InChI=1S/C14H18O3/c15-8-11-6-7-13-12(11)9-16-14(17-13)10-4-2-1-3-5-10/h1-5,11-15H,6-9H2/t11-,12-,13-,14?/m0/s1. The van der Waals surface area contributed by atoms with Gasteiger partial charge in [-0.1, -0.05) is 30.3 Å². The molecule has 1 aliphatic heterocycles. The van der Waals surface area contributed by atoms with Crippen LogP contribution in [-0.2, 0) is 9.47 Å². The number of aliphatic hydroxyl groups is 1. The van der Waals surface area contributed by atoms with Crippen LogP contribution in [0.25, 0.3) is 0 Å². The van der Waals surface area contributed by atoms with Crippen molar-refractivity contribution in [3.05, 3.63) is 35.9 Å². The molecule has 0 aromatic heterocycles. The monoisotopic (exact) mass is 234 g/mol. The third kappa shape index (κ3) is 2.10. The van der Waals surface area contributed by atoms with Crippen molar-refractivity contribution in [3.8, 4) is 0 Å². The molecular formula is C14H18O3. The summed E-state index contributed by atoms with van der Waals surface area (Å²) >= 11 is 0. The van der Waals surface area contributed by atoms with Crippen molar-refractivity contribution in [3.63, 3.8) is 0 Å². The lowest BCUT2D eigenvalue weighted by Crippen LogP contribution is -2.36. The van der Waals surface area contributed by atoms with Crippen LogP contribution in [0, 0.1) is 11.8 Å². The first-order chi connectivity index (χ1) is 8.38. The summed E-state index contributed by atoms with van der Waals surface area (Å²) in [5.74, 6) is 0.733. The highest BCUT2D eigenvalue weighted by Gasteiger charge is 2.41. The third-order valence-corrected chi connectivity index (χ3v) is 3.95. The predicted molar refractivity (Wildman–Crippen MR) is 63.3 cm³/mol. The molecule has 17 heavy (non-hydrogen) atoms. The van der Waals surface area contributed by atoms with Crippen molar-refractivity contribution < 1.29 is 14.6 Å². The molecule has 3 heteroatoms. The fourth-order valence-corrected chi connectivity index (χ4v) is 2.93. The minimum atomic E-state index is -0.227. The molecule has 0 bridgehead atoms. The van der Waals surface area contributed by atoms with Gasteiger partial charge in [0.1, 0.15) is 0 Å². The summed E-state index contributed by atoms with van der Waals surface area (Å²) in [7, 11) is 0. The van der Waals surface area contributed by atoms with E-state index in [0.29, 0.717) is 18.4 Å². The van der Waals surface area contributed by atoms with Gasteiger partial charge in [-0.2, -0.15) is 0 Å². The van der Waals surface area contributed by atoms with Gasteiger partial charge >= 0.3 is 0 Å². The van der Waals surface area contributed by atoms with Gasteiger partial charge in [0.15, 0.2) is 6.29 Å². The molecule has 1 saturated heterocycles. The molecule has 4 atom stereocenters. The van der Waals surface area contributed by atoms with Gasteiger partial charge in [-0.15, -0.1) is 0 Å². The molecule has 0 spiro atoms. The van der Waals surface area contributed by atoms with Crippen molar-refractivity contribution in [2.45, 2.75) is 25.2 Å². The van der Waals surface area contributed by atoms with Crippen molar-refractivity contribution in [2.24, 2.45) is 11.8 Å². The summed E-state index contributed by atoms with van der Waals surface area (Å²) in [5, 5.41) is 9.28. The van der Waals surface area contributed by atoms with Gasteiger partial charge < -0.3 is 14.6 Å². The predicted octanol–water partition coefficient (Wildman–Crippen LogP) is 2.12. The van der Waals surface area contributed by atoms with Crippen LogP contribution in [0.4, 0.5) is 0 Å². The number of fused-ring (bicyclic) bond motifs is 1. The second-order valence-corrected chi connectivity index (χ2v) is 4.93. The second kappa shape index (κ2) is 4.77. The number of rotatable bonds is 2. The number of aliphatic hydroxyl groups excluding tert-OH is 1. The highest BCUT2D eigenvalue weighted by atomic mass is 16.7. The Hall–Kier alpha value is -0.900. The molecule has 3 nitrogen and oxygen atoms in total. The van der Waals surface area contributed by atoms with Crippen LogP contribution < -0.4 is 0 Å². The maximum Gasteiger partial charge on any atom is 0.184 e. The van der Waals surface area contributed by atoms with Gasteiger partial charge in [-0.3, -0.25) is 0 Å². The first-order valence-electron chi connectivity index (χ1n) is 6.31. The molecule has 0 amide bonds. The average Bonchev–Trinajstić information content (AvgIpc) is 2.81. The first kappa shape index (κ1) is 11.2. The molecule has 92 valence electrons. The van der Waals surface area contributed by atoms with Crippen LogP contribution in [0.2, 0.25) is 0 Å². The quantitative estimate of drug-likeness (QED) is 0.852. The van der Waals surface area contributed by atoms with Crippen LogP contribution in [-0.4, -0.2) is 24.4 Å². The Kier molecular flexibility index (Phi) is 3.14. The van der Waals surface area contributed by atoms with Crippen molar-refractivity contribution in [1.82, 2.24) is 0 Å². The Bertz CT molecular complexity index is 365. The van der Waals surface area contributed by atoms with Crippen LogP contribution in [0.3, 0.4) is 0 Å². The number of ether oxygens (including phenoxy) is 2. The molecule has 3 rings (SSSR count). The first-order valence-corrected chi connectivity index (χ1v) is 6.31. The lowest BCUT2D eigenvalue weighted by Gasteiger charge is -2.34. The number of benzene rings is 1. The molecular weight excluding hydrogens is 216 g/mol. The third-order valence-electron chi connectivity index (χ3n) is 3.95. The SMILES string of the molecule is OC[C@@H]1CC[C@@H]2OC(c3ccccc3)OC[C@@H]12. The van der Waals surface area contributed by atoms with Crippen molar-refractivity contribution in [2.75, 3.05) is 13.2 Å². The van der Waals surface area contributed by atoms with E-state index in [4.69, 9.17) is 9.47 Å². The largest absolute Gasteiger partial charge is 0.396 e. The summed E-state index contributed by atoms with van der Waals surface area (Å²) in [4.78, 5) is 0. The molecule has 1 N–H and O–H groups in total. The van der Waals surface area contributed by atoms with Gasteiger partial charge in [-0.05, 0) is 18.8 Å². The summed E-state index contributed by atoms with van der Waals surface area (Å²) in [6.07, 6.45) is 2.13. The normalized spacial score (nSPS) is 36.8. The van der Waals surface area contributed by atoms with Gasteiger partial charge in [0.2, 0.25) is 0 Å². The Morgan fingerprint density at radius 3 is 2.76 bits per heavy atom. The molecule has 1 aromatic carbocycles. The van der Waals surface area contributed by atoms with Crippen molar-refractivity contribution >= 4 is 0 Å². The van der Waals surface area contributed by atoms with Crippen LogP contribution in [0.1, 0.15) is 24.7 Å². The highest BCUT2D eigenvalue weighted by Crippen LogP contribution is 2.41. The van der Waals surface area contributed by atoms with Gasteiger partial charge in [-0.25, -0.2) is 0 Å². The second-order valence-electron chi connectivity index (χ2n) is 4.93. The van der Waals surface area contributed by atoms with E-state index in [1.54, 1.807) is 0 Å². The van der Waals surface area contributed by atoms with Gasteiger partial charge in [0.25, 0.3) is 0 Å². The minimum absolute atomic E-state index is 0.227. The molecule has 1 saturated carbocycles. The lowest BCUT2D eigenvalue weighted by molar-refractivity contribution is -0.239. The summed E-state index contributed by atoms with van der Waals surface area (Å²) in [6.45, 7) is 0.958. The van der Waals surface area contributed by atoms with E-state index in [1.807, 2.05) is 30.3 Å². The minimum Gasteiger partial charge on any atom is -0.396 e. The zero-order chi connectivity index (χ0) is 11.7. The molecule has 1 heterocycles. The Morgan fingerprint density at radius 1 is 1.18 bits per heavy atom. The summed E-state index contributed by atoms with van der Waals surface area (Å²) in [5.41, 5.74) is 1.08.